The third kappa shape index (κ3) is 3.65. The summed E-state index contributed by atoms with van der Waals surface area (Å²) < 4.78 is 67.4. The van der Waals surface area contributed by atoms with Crippen LogP contribution in [0.15, 0.2) is 24.3 Å². The average Bonchev–Trinajstić information content (AvgIpc) is 2.65. The third-order valence-corrected chi connectivity index (χ3v) is 7.09. The number of rotatable bonds is 2. The van der Waals surface area contributed by atoms with Gasteiger partial charge in [0.25, 0.3) is 0 Å². The summed E-state index contributed by atoms with van der Waals surface area (Å²) in [5.41, 5.74) is -0.625. The fourth-order valence-corrected chi connectivity index (χ4v) is 5.47. The van der Waals surface area contributed by atoms with Crippen molar-refractivity contribution in [3.05, 3.63) is 47.0 Å². The summed E-state index contributed by atoms with van der Waals surface area (Å²) in [4.78, 5) is 0. The lowest BCUT2D eigenvalue weighted by molar-refractivity contribution is -0.139. The van der Waals surface area contributed by atoms with E-state index in [1.165, 1.54) is 31.7 Å². The van der Waals surface area contributed by atoms with Crippen molar-refractivity contribution in [2.45, 2.75) is 64.0 Å². The Hall–Kier alpha value is -1.65. The van der Waals surface area contributed by atoms with Crippen molar-refractivity contribution in [3.8, 4) is 0 Å². The number of hydrogen-bond donors (Lipinski definition) is 0. The number of halogens is 5. The largest absolute Gasteiger partial charge is 0.419 e. The van der Waals surface area contributed by atoms with Gasteiger partial charge in [-0.1, -0.05) is 25.8 Å². The maximum atomic E-state index is 14.6. The van der Waals surface area contributed by atoms with Gasteiger partial charge in [-0.3, -0.25) is 0 Å². The van der Waals surface area contributed by atoms with Crippen LogP contribution in [0.1, 0.15) is 68.9 Å². The molecule has 0 nitrogen and oxygen atoms in total. The highest BCUT2D eigenvalue weighted by atomic mass is 19.4. The predicted octanol–water partition coefficient (Wildman–Crippen LogP) is 7.85. The van der Waals surface area contributed by atoms with Gasteiger partial charge in [0.05, 0.1) is 5.56 Å². The van der Waals surface area contributed by atoms with Crippen LogP contribution in [0, 0.1) is 29.4 Å². The molecule has 28 heavy (non-hydrogen) atoms. The Labute approximate surface area is 162 Å². The van der Waals surface area contributed by atoms with Crippen LogP contribution < -0.4 is 0 Å². The van der Waals surface area contributed by atoms with E-state index in [0.29, 0.717) is 12.0 Å². The summed E-state index contributed by atoms with van der Waals surface area (Å²) in [5, 5.41) is 0.0342. The number of alkyl halides is 3. The van der Waals surface area contributed by atoms with Crippen LogP contribution >= 0.6 is 0 Å². The van der Waals surface area contributed by atoms with Crippen LogP contribution in [-0.4, -0.2) is 0 Å². The molecule has 2 aromatic carbocycles. The van der Waals surface area contributed by atoms with Crippen molar-refractivity contribution in [1.82, 2.24) is 0 Å². The first-order valence-electron chi connectivity index (χ1n) is 10.3. The average molecular weight is 396 g/mol. The summed E-state index contributed by atoms with van der Waals surface area (Å²) in [6.07, 6.45) is 3.22. The Morgan fingerprint density at radius 3 is 2.29 bits per heavy atom. The molecule has 2 saturated carbocycles. The molecule has 0 aromatic heterocycles. The zero-order chi connectivity index (χ0) is 20.1. The topological polar surface area (TPSA) is 0 Å². The molecule has 2 aliphatic rings. The first-order chi connectivity index (χ1) is 13.3. The first kappa shape index (κ1) is 19.7. The molecule has 4 rings (SSSR count). The monoisotopic (exact) mass is 396 g/mol. The maximum Gasteiger partial charge on any atom is 0.419 e. The van der Waals surface area contributed by atoms with Gasteiger partial charge in [-0.05, 0) is 84.9 Å². The summed E-state index contributed by atoms with van der Waals surface area (Å²) in [7, 11) is 0. The Morgan fingerprint density at radius 1 is 0.857 bits per heavy atom. The van der Waals surface area contributed by atoms with Gasteiger partial charge in [-0.25, -0.2) is 8.78 Å². The van der Waals surface area contributed by atoms with E-state index in [2.05, 4.69) is 6.92 Å². The van der Waals surface area contributed by atoms with Gasteiger partial charge in [-0.2, -0.15) is 13.2 Å². The van der Waals surface area contributed by atoms with Crippen LogP contribution in [0.25, 0.3) is 10.8 Å². The molecule has 0 heterocycles. The van der Waals surface area contributed by atoms with E-state index in [0.717, 1.165) is 42.7 Å². The molecule has 0 radical (unpaired) electrons. The lowest BCUT2D eigenvalue weighted by atomic mass is 9.63. The van der Waals surface area contributed by atoms with E-state index < -0.39 is 23.4 Å². The third-order valence-electron chi connectivity index (χ3n) is 7.09. The first-order valence-corrected chi connectivity index (χ1v) is 10.3. The van der Waals surface area contributed by atoms with E-state index in [1.807, 2.05) is 0 Å². The van der Waals surface area contributed by atoms with E-state index in [1.54, 1.807) is 6.07 Å². The van der Waals surface area contributed by atoms with E-state index >= 15 is 0 Å². The van der Waals surface area contributed by atoms with Crippen LogP contribution in [0.4, 0.5) is 22.0 Å². The molecule has 152 valence electrons. The minimum absolute atomic E-state index is 0.172. The second-order valence-corrected chi connectivity index (χ2v) is 8.67. The minimum Gasteiger partial charge on any atom is -0.206 e. The van der Waals surface area contributed by atoms with Crippen LogP contribution in [0.2, 0.25) is 0 Å². The molecule has 0 saturated heterocycles. The second kappa shape index (κ2) is 7.31. The Morgan fingerprint density at radius 2 is 1.57 bits per heavy atom. The summed E-state index contributed by atoms with van der Waals surface area (Å²) in [6.45, 7) is 2.25. The lowest BCUT2D eigenvalue weighted by Crippen LogP contribution is -2.30. The molecular weight excluding hydrogens is 371 g/mol. The van der Waals surface area contributed by atoms with Crippen LogP contribution in [0.5, 0.6) is 0 Å². The van der Waals surface area contributed by atoms with Crippen LogP contribution in [-0.2, 0) is 6.18 Å². The standard InChI is InChI=1S/C23H25F5/c1-2-13-3-4-15-8-16(6-5-14(15)7-13)17-9-18-11-22(25)20(23(26,27)28)12-19(18)21(24)10-17/h9-16H,2-8H2,1H3/t13-,14?,15-,16?/m1/s1. The van der Waals surface area contributed by atoms with E-state index in [-0.39, 0.29) is 16.7 Å². The Kier molecular flexibility index (Phi) is 5.13. The molecule has 0 aliphatic heterocycles. The zero-order valence-corrected chi connectivity index (χ0v) is 16.0. The van der Waals surface area contributed by atoms with Gasteiger partial charge in [0.2, 0.25) is 0 Å². The fraction of sp³-hybridized carbons (Fsp3) is 0.565. The maximum absolute atomic E-state index is 14.6. The molecule has 0 spiro atoms. The summed E-state index contributed by atoms with van der Waals surface area (Å²) >= 11 is 0. The SMILES string of the molecule is CC[C@@H]1CC[C@@H]2CC(c3cc(F)c4cc(C(F)(F)F)c(F)cc4c3)CCC2C1. The minimum atomic E-state index is -4.83. The lowest BCUT2D eigenvalue weighted by Gasteiger charge is -2.42. The zero-order valence-electron chi connectivity index (χ0n) is 16.0. The normalized spacial score (nSPS) is 28.4. The van der Waals surface area contributed by atoms with Crippen molar-refractivity contribution in [2.24, 2.45) is 17.8 Å². The Bertz CT molecular complexity index is 869. The van der Waals surface area contributed by atoms with E-state index in [9.17, 15) is 22.0 Å². The quantitative estimate of drug-likeness (QED) is 0.454. The summed E-state index contributed by atoms with van der Waals surface area (Å²) in [5.74, 6) is 0.357. The Balaban J connectivity index is 1.62. The van der Waals surface area contributed by atoms with Gasteiger partial charge < -0.3 is 0 Å². The van der Waals surface area contributed by atoms with E-state index in [4.69, 9.17) is 0 Å². The molecular formula is C23H25F5. The van der Waals surface area contributed by atoms with Gasteiger partial charge >= 0.3 is 6.18 Å². The molecule has 4 atom stereocenters. The number of benzene rings is 2. The van der Waals surface area contributed by atoms with Gasteiger partial charge in [0.15, 0.2) is 0 Å². The van der Waals surface area contributed by atoms with Gasteiger partial charge in [-0.15, -0.1) is 0 Å². The number of fused-ring (bicyclic) bond motifs is 2. The molecule has 0 amide bonds. The molecule has 5 heteroatoms. The molecule has 2 fully saturated rings. The smallest absolute Gasteiger partial charge is 0.206 e. The van der Waals surface area contributed by atoms with Gasteiger partial charge in [0.1, 0.15) is 11.6 Å². The molecule has 0 N–H and O–H groups in total. The highest BCUT2D eigenvalue weighted by Crippen LogP contribution is 2.48. The highest BCUT2D eigenvalue weighted by molar-refractivity contribution is 5.85. The van der Waals surface area contributed by atoms with Crippen molar-refractivity contribution < 1.29 is 22.0 Å². The molecule has 2 unspecified atom stereocenters. The molecule has 0 bridgehead atoms. The molecule has 2 aromatic rings. The number of hydrogen-bond acceptors (Lipinski definition) is 0. The fourth-order valence-electron chi connectivity index (χ4n) is 5.47. The second-order valence-electron chi connectivity index (χ2n) is 8.67. The van der Waals surface area contributed by atoms with Crippen molar-refractivity contribution in [2.75, 3.05) is 0 Å². The highest BCUT2D eigenvalue weighted by Gasteiger charge is 2.37. The van der Waals surface area contributed by atoms with Crippen molar-refractivity contribution >= 4 is 10.8 Å². The molecule has 2 aliphatic carbocycles. The van der Waals surface area contributed by atoms with Gasteiger partial charge in [0, 0.05) is 5.39 Å². The van der Waals surface area contributed by atoms with Crippen molar-refractivity contribution in [1.29, 1.82) is 0 Å². The predicted molar refractivity (Wildman–Crippen MR) is 100 cm³/mol. The summed E-state index contributed by atoms with van der Waals surface area (Å²) in [6, 6.07) is 4.46. The van der Waals surface area contributed by atoms with Crippen molar-refractivity contribution in [3.63, 3.8) is 0 Å². The van der Waals surface area contributed by atoms with Crippen LogP contribution in [0.3, 0.4) is 0 Å².